The Balaban J connectivity index is 3.08. The second kappa shape index (κ2) is 6.93. The Labute approximate surface area is 116 Å². The first-order valence-corrected chi connectivity index (χ1v) is 7.23. The summed E-state index contributed by atoms with van der Waals surface area (Å²) in [6.07, 6.45) is 4.14. The molecule has 0 spiro atoms. The van der Waals surface area contributed by atoms with Crippen LogP contribution in [-0.4, -0.2) is 23.1 Å². The third-order valence-electron chi connectivity index (χ3n) is 3.38. The molecule has 0 amide bonds. The van der Waals surface area contributed by atoms with Crippen LogP contribution in [0.2, 0.25) is 0 Å². The van der Waals surface area contributed by atoms with Gasteiger partial charge in [0.25, 0.3) is 0 Å². The lowest BCUT2D eigenvalue weighted by molar-refractivity contribution is 0.587. The van der Waals surface area contributed by atoms with Crippen LogP contribution in [0.4, 0.5) is 5.69 Å². The van der Waals surface area contributed by atoms with Crippen molar-refractivity contribution in [1.82, 2.24) is 9.97 Å². The Morgan fingerprint density at radius 1 is 1.28 bits per heavy atom. The van der Waals surface area contributed by atoms with Crippen molar-refractivity contribution in [2.45, 2.75) is 58.4 Å². The van der Waals surface area contributed by atoms with E-state index in [9.17, 15) is 0 Å². The monoisotopic (exact) mass is 269 g/mol. The van der Waals surface area contributed by atoms with E-state index < -0.39 is 0 Å². The summed E-state index contributed by atoms with van der Waals surface area (Å²) in [7, 11) is 2.10. The van der Waals surface area contributed by atoms with Crippen molar-refractivity contribution in [3.8, 4) is 0 Å². The molecule has 1 rings (SSSR count). The van der Waals surface area contributed by atoms with Crippen LogP contribution in [0.25, 0.3) is 0 Å². The largest absolute Gasteiger partial charge is 0.369 e. The third kappa shape index (κ3) is 3.35. The molecule has 0 fully saturated rings. The van der Waals surface area contributed by atoms with Crippen LogP contribution in [-0.2, 0) is 5.88 Å². The van der Waals surface area contributed by atoms with Gasteiger partial charge >= 0.3 is 0 Å². The predicted octanol–water partition coefficient (Wildman–Crippen LogP) is 3.96. The highest BCUT2D eigenvalue weighted by atomic mass is 35.5. The molecule has 0 radical (unpaired) electrons. The van der Waals surface area contributed by atoms with Gasteiger partial charge in [0.2, 0.25) is 0 Å². The van der Waals surface area contributed by atoms with Crippen LogP contribution in [0.3, 0.4) is 0 Å². The van der Waals surface area contributed by atoms with Crippen molar-refractivity contribution < 1.29 is 0 Å². The first-order valence-electron chi connectivity index (χ1n) is 6.69. The van der Waals surface area contributed by atoms with Crippen molar-refractivity contribution in [3.63, 3.8) is 0 Å². The lowest BCUT2D eigenvalue weighted by Crippen LogP contribution is -2.31. The summed E-state index contributed by atoms with van der Waals surface area (Å²) < 4.78 is 0. The minimum atomic E-state index is 0.333. The van der Waals surface area contributed by atoms with Crippen molar-refractivity contribution in [3.05, 3.63) is 17.7 Å². The topological polar surface area (TPSA) is 29.0 Å². The minimum Gasteiger partial charge on any atom is -0.369 e. The van der Waals surface area contributed by atoms with Gasteiger partial charge in [-0.25, -0.2) is 9.97 Å². The van der Waals surface area contributed by atoms with Gasteiger partial charge in [0.05, 0.1) is 23.5 Å². The quantitative estimate of drug-likeness (QED) is 0.732. The fourth-order valence-electron chi connectivity index (χ4n) is 2.13. The van der Waals surface area contributed by atoms with Gasteiger partial charge in [-0.1, -0.05) is 27.7 Å². The van der Waals surface area contributed by atoms with Gasteiger partial charge in [0, 0.05) is 19.0 Å². The predicted molar refractivity (Wildman–Crippen MR) is 78.5 cm³/mol. The van der Waals surface area contributed by atoms with E-state index in [4.69, 9.17) is 11.6 Å². The summed E-state index contributed by atoms with van der Waals surface area (Å²) in [5.74, 6) is 1.63. The molecule has 18 heavy (non-hydrogen) atoms. The molecular formula is C14H24ClN3. The second-order valence-electron chi connectivity index (χ2n) is 4.93. The van der Waals surface area contributed by atoms with E-state index in [-0.39, 0.29) is 0 Å². The van der Waals surface area contributed by atoms with Gasteiger partial charge in [-0.15, -0.1) is 11.6 Å². The molecule has 1 aromatic rings. The molecule has 0 saturated heterocycles. The number of halogens is 1. The fourth-order valence-corrected chi connectivity index (χ4v) is 2.33. The molecule has 1 heterocycles. The average Bonchev–Trinajstić information content (AvgIpc) is 2.39. The summed E-state index contributed by atoms with van der Waals surface area (Å²) in [6.45, 7) is 8.60. The third-order valence-corrected chi connectivity index (χ3v) is 3.63. The molecule has 0 atom stereocenters. The zero-order chi connectivity index (χ0) is 13.7. The number of alkyl halides is 1. The summed E-state index contributed by atoms with van der Waals surface area (Å²) in [4.78, 5) is 11.3. The van der Waals surface area contributed by atoms with Crippen LogP contribution in [0.1, 0.15) is 58.0 Å². The number of nitrogens with zero attached hydrogens (tertiary/aromatic N) is 3. The maximum Gasteiger partial charge on any atom is 0.131 e. The lowest BCUT2D eigenvalue weighted by Gasteiger charge is -2.29. The smallest absolute Gasteiger partial charge is 0.131 e. The minimum absolute atomic E-state index is 0.333. The van der Waals surface area contributed by atoms with Crippen LogP contribution in [0.5, 0.6) is 0 Å². The molecule has 0 aliphatic carbocycles. The van der Waals surface area contributed by atoms with E-state index in [1.807, 2.05) is 6.20 Å². The maximum atomic E-state index is 6.03. The molecule has 1 aromatic heterocycles. The van der Waals surface area contributed by atoms with E-state index in [2.05, 4.69) is 49.6 Å². The van der Waals surface area contributed by atoms with Gasteiger partial charge in [-0.3, -0.25) is 0 Å². The van der Waals surface area contributed by atoms with E-state index in [0.29, 0.717) is 17.8 Å². The molecule has 0 aliphatic heterocycles. The van der Waals surface area contributed by atoms with Crippen LogP contribution in [0.15, 0.2) is 6.20 Å². The highest BCUT2D eigenvalue weighted by Gasteiger charge is 2.17. The molecule has 102 valence electrons. The number of aromatic nitrogens is 2. The molecule has 0 bridgehead atoms. The molecule has 0 aromatic carbocycles. The highest BCUT2D eigenvalue weighted by molar-refractivity contribution is 6.17. The Morgan fingerprint density at radius 3 is 2.33 bits per heavy atom. The molecule has 0 N–H and O–H groups in total. The summed E-state index contributed by atoms with van der Waals surface area (Å²) in [6, 6.07) is 0.514. The zero-order valence-corrected chi connectivity index (χ0v) is 12.8. The molecule has 4 heteroatoms. The van der Waals surface area contributed by atoms with E-state index >= 15 is 0 Å². The molecular weight excluding hydrogens is 246 g/mol. The number of hydrogen-bond acceptors (Lipinski definition) is 3. The molecule has 3 nitrogen and oxygen atoms in total. The van der Waals surface area contributed by atoms with E-state index in [0.717, 1.165) is 30.0 Å². The van der Waals surface area contributed by atoms with Crippen LogP contribution in [0, 0.1) is 0 Å². The SMILES string of the molecule is CCC(CC)N(C)c1cnc(C(C)C)nc1CCl. The summed E-state index contributed by atoms with van der Waals surface area (Å²) in [5.41, 5.74) is 1.99. The van der Waals surface area contributed by atoms with Crippen molar-refractivity contribution in [1.29, 1.82) is 0 Å². The van der Waals surface area contributed by atoms with Gasteiger partial charge in [0.15, 0.2) is 0 Å². The van der Waals surface area contributed by atoms with E-state index in [1.165, 1.54) is 0 Å². The van der Waals surface area contributed by atoms with Gasteiger partial charge in [0.1, 0.15) is 5.82 Å². The lowest BCUT2D eigenvalue weighted by atomic mass is 10.1. The average molecular weight is 270 g/mol. The molecule has 0 saturated carbocycles. The summed E-state index contributed by atoms with van der Waals surface area (Å²) in [5, 5.41) is 0. The van der Waals surface area contributed by atoms with Gasteiger partial charge < -0.3 is 4.90 Å². The Hall–Kier alpha value is -0.830. The van der Waals surface area contributed by atoms with Crippen molar-refractivity contribution >= 4 is 17.3 Å². The second-order valence-corrected chi connectivity index (χ2v) is 5.20. The van der Waals surface area contributed by atoms with Crippen molar-refractivity contribution in [2.24, 2.45) is 0 Å². The Kier molecular flexibility index (Phi) is 5.86. The molecule has 0 aliphatic rings. The standard InChI is InChI=1S/C14H24ClN3/c1-6-11(7-2)18(5)13-9-16-14(10(3)4)17-12(13)8-15/h9-11H,6-8H2,1-5H3. The molecule has 0 unspecified atom stereocenters. The Bertz CT molecular complexity index is 375. The van der Waals surface area contributed by atoms with Crippen LogP contribution < -0.4 is 4.90 Å². The first kappa shape index (κ1) is 15.2. The van der Waals surface area contributed by atoms with E-state index in [1.54, 1.807) is 0 Å². The van der Waals surface area contributed by atoms with Crippen molar-refractivity contribution in [2.75, 3.05) is 11.9 Å². The number of anilines is 1. The number of hydrogen-bond donors (Lipinski definition) is 0. The highest BCUT2D eigenvalue weighted by Crippen LogP contribution is 2.24. The van der Waals surface area contributed by atoms with Gasteiger partial charge in [-0.05, 0) is 12.8 Å². The Morgan fingerprint density at radius 2 is 1.89 bits per heavy atom. The zero-order valence-electron chi connectivity index (χ0n) is 12.1. The fraction of sp³-hybridized carbons (Fsp3) is 0.714. The maximum absolute atomic E-state index is 6.03. The first-order chi connectivity index (χ1) is 8.54. The summed E-state index contributed by atoms with van der Waals surface area (Å²) >= 11 is 6.03. The normalized spacial score (nSPS) is 11.3. The van der Waals surface area contributed by atoms with Crippen LogP contribution >= 0.6 is 11.6 Å². The number of rotatable bonds is 6. The van der Waals surface area contributed by atoms with Gasteiger partial charge in [-0.2, -0.15) is 0 Å².